The number of hydrogen-bond donors (Lipinski definition) is 0. The number of aromatic nitrogens is 1. The second-order valence-electron chi connectivity index (χ2n) is 5.29. The van der Waals surface area contributed by atoms with Crippen LogP contribution in [0.15, 0.2) is 35.3 Å². The zero-order valence-electron chi connectivity index (χ0n) is 12.4. The van der Waals surface area contributed by atoms with Crippen molar-refractivity contribution in [2.45, 2.75) is 6.92 Å². The van der Waals surface area contributed by atoms with E-state index in [2.05, 4.69) is 4.98 Å². The van der Waals surface area contributed by atoms with Crippen LogP contribution in [0.2, 0.25) is 0 Å². The smallest absolute Gasteiger partial charge is 0.255 e. The predicted molar refractivity (Wildman–Crippen MR) is 85.1 cm³/mol. The highest BCUT2D eigenvalue weighted by Gasteiger charge is 2.26. The van der Waals surface area contributed by atoms with Crippen molar-refractivity contribution in [2.24, 2.45) is 0 Å². The standard InChI is InChI=1S/C16H17N3O2S/c1-12-10-22-11-14(12)16(21)19-8-6-18(7-9-19)15(20)13-2-4-17-5-3-13/h2-5,10-11H,6-9H2,1H3. The summed E-state index contributed by atoms with van der Waals surface area (Å²) < 4.78 is 0. The van der Waals surface area contributed by atoms with Crippen LogP contribution < -0.4 is 0 Å². The Kier molecular flexibility index (Phi) is 4.20. The molecule has 0 radical (unpaired) electrons. The number of carbonyl (C=O) groups excluding carboxylic acids is 2. The molecule has 0 saturated carbocycles. The number of nitrogens with zero attached hydrogens (tertiary/aromatic N) is 3. The highest BCUT2D eigenvalue weighted by molar-refractivity contribution is 7.08. The third-order valence-corrected chi connectivity index (χ3v) is 4.73. The first kappa shape index (κ1) is 14.7. The van der Waals surface area contributed by atoms with Gasteiger partial charge in [0.2, 0.25) is 0 Å². The largest absolute Gasteiger partial charge is 0.335 e. The van der Waals surface area contributed by atoms with Crippen molar-refractivity contribution >= 4 is 23.2 Å². The van der Waals surface area contributed by atoms with Crippen LogP contribution in [0, 0.1) is 6.92 Å². The van der Waals surface area contributed by atoms with Crippen molar-refractivity contribution in [1.82, 2.24) is 14.8 Å². The quantitative estimate of drug-likeness (QED) is 0.852. The van der Waals surface area contributed by atoms with Gasteiger partial charge >= 0.3 is 0 Å². The molecule has 1 aliphatic heterocycles. The molecule has 0 unspecified atom stereocenters. The van der Waals surface area contributed by atoms with Crippen LogP contribution in [-0.4, -0.2) is 52.8 Å². The summed E-state index contributed by atoms with van der Waals surface area (Å²) in [5.41, 5.74) is 2.44. The topological polar surface area (TPSA) is 53.5 Å². The van der Waals surface area contributed by atoms with Crippen LogP contribution in [0.5, 0.6) is 0 Å². The summed E-state index contributed by atoms with van der Waals surface area (Å²) >= 11 is 1.54. The van der Waals surface area contributed by atoms with Gasteiger partial charge in [0.25, 0.3) is 11.8 Å². The van der Waals surface area contributed by atoms with Crippen molar-refractivity contribution in [2.75, 3.05) is 26.2 Å². The lowest BCUT2D eigenvalue weighted by atomic mass is 10.1. The molecule has 3 heterocycles. The zero-order valence-corrected chi connectivity index (χ0v) is 13.2. The van der Waals surface area contributed by atoms with E-state index in [0.29, 0.717) is 31.7 Å². The van der Waals surface area contributed by atoms with Crippen LogP contribution >= 0.6 is 11.3 Å². The minimum atomic E-state index is 0.00112. The van der Waals surface area contributed by atoms with Gasteiger partial charge in [-0.3, -0.25) is 14.6 Å². The number of aryl methyl sites for hydroxylation is 1. The molecule has 2 aromatic heterocycles. The molecule has 0 N–H and O–H groups in total. The monoisotopic (exact) mass is 315 g/mol. The molecule has 1 saturated heterocycles. The molecule has 2 aromatic rings. The summed E-state index contributed by atoms with van der Waals surface area (Å²) in [4.78, 5) is 32.3. The minimum Gasteiger partial charge on any atom is -0.335 e. The van der Waals surface area contributed by atoms with Gasteiger partial charge in [-0.05, 0) is 30.0 Å². The number of amides is 2. The van der Waals surface area contributed by atoms with Crippen LogP contribution in [0.1, 0.15) is 26.3 Å². The molecule has 114 valence electrons. The van der Waals surface area contributed by atoms with Gasteiger partial charge in [0.1, 0.15) is 0 Å². The van der Waals surface area contributed by atoms with Crippen LogP contribution in [0.25, 0.3) is 0 Å². The SMILES string of the molecule is Cc1cscc1C(=O)N1CCN(C(=O)c2ccncc2)CC1. The van der Waals surface area contributed by atoms with Gasteiger partial charge in [0, 0.05) is 49.5 Å². The molecule has 0 aromatic carbocycles. The van der Waals surface area contributed by atoms with Crippen molar-refractivity contribution in [3.05, 3.63) is 52.0 Å². The summed E-state index contributed by atoms with van der Waals surface area (Å²) in [5, 5.41) is 3.88. The summed E-state index contributed by atoms with van der Waals surface area (Å²) in [6.07, 6.45) is 3.23. The molecule has 0 bridgehead atoms. The fourth-order valence-electron chi connectivity index (χ4n) is 2.54. The van der Waals surface area contributed by atoms with Gasteiger partial charge in [-0.15, -0.1) is 0 Å². The predicted octanol–water partition coefficient (Wildman–Crippen LogP) is 2.05. The Bertz CT molecular complexity index is 676. The van der Waals surface area contributed by atoms with Crippen molar-refractivity contribution < 1.29 is 9.59 Å². The Morgan fingerprint density at radius 1 is 1.00 bits per heavy atom. The van der Waals surface area contributed by atoms with Gasteiger partial charge in [0.05, 0.1) is 5.56 Å². The summed E-state index contributed by atoms with van der Waals surface area (Å²) in [5.74, 6) is 0.0657. The van der Waals surface area contributed by atoms with Gasteiger partial charge in [0.15, 0.2) is 0 Å². The lowest BCUT2D eigenvalue weighted by Crippen LogP contribution is -2.50. The molecule has 1 aliphatic rings. The average Bonchev–Trinajstić information content (AvgIpc) is 3.00. The average molecular weight is 315 g/mol. The van der Waals surface area contributed by atoms with Crippen molar-refractivity contribution in [3.63, 3.8) is 0 Å². The maximum absolute atomic E-state index is 12.4. The summed E-state index contributed by atoms with van der Waals surface area (Å²) in [6, 6.07) is 3.43. The number of carbonyl (C=O) groups is 2. The molecule has 0 atom stereocenters. The number of rotatable bonds is 2. The Morgan fingerprint density at radius 3 is 2.14 bits per heavy atom. The van der Waals surface area contributed by atoms with E-state index in [0.717, 1.165) is 11.1 Å². The fourth-order valence-corrected chi connectivity index (χ4v) is 3.36. The fraction of sp³-hybridized carbons (Fsp3) is 0.312. The summed E-state index contributed by atoms with van der Waals surface area (Å²) in [6.45, 7) is 4.23. The van der Waals surface area contributed by atoms with Gasteiger partial charge in [-0.25, -0.2) is 0 Å². The third kappa shape index (κ3) is 2.87. The van der Waals surface area contributed by atoms with Crippen LogP contribution in [0.3, 0.4) is 0 Å². The Morgan fingerprint density at radius 2 is 1.59 bits per heavy atom. The lowest BCUT2D eigenvalue weighted by Gasteiger charge is -2.34. The third-order valence-electron chi connectivity index (χ3n) is 3.87. The Hall–Kier alpha value is -2.21. The van der Waals surface area contributed by atoms with Gasteiger partial charge in [-0.2, -0.15) is 11.3 Å². The maximum atomic E-state index is 12.4. The van der Waals surface area contributed by atoms with E-state index in [1.807, 2.05) is 22.6 Å². The van der Waals surface area contributed by atoms with Crippen molar-refractivity contribution in [1.29, 1.82) is 0 Å². The normalized spacial score (nSPS) is 15.0. The second-order valence-corrected chi connectivity index (χ2v) is 6.03. The van der Waals surface area contributed by atoms with Gasteiger partial charge in [-0.1, -0.05) is 0 Å². The molecule has 1 fully saturated rings. The molecule has 22 heavy (non-hydrogen) atoms. The molecule has 3 rings (SSSR count). The molecule has 0 aliphatic carbocycles. The van der Waals surface area contributed by atoms with E-state index >= 15 is 0 Å². The lowest BCUT2D eigenvalue weighted by molar-refractivity contribution is 0.0535. The van der Waals surface area contributed by atoms with Crippen LogP contribution in [-0.2, 0) is 0 Å². The van der Waals surface area contributed by atoms with E-state index in [-0.39, 0.29) is 11.8 Å². The number of pyridine rings is 1. The molecule has 2 amide bonds. The molecule has 5 nitrogen and oxygen atoms in total. The summed E-state index contributed by atoms with van der Waals surface area (Å²) in [7, 11) is 0. The second kappa shape index (κ2) is 6.27. The highest BCUT2D eigenvalue weighted by atomic mass is 32.1. The van der Waals surface area contributed by atoms with E-state index in [9.17, 15) is 9.59 Å². The first-order valence-corrected chi connectivity index (χ1v) is 8.12. The first-order valence-electron chi connectivity index (χ1n) is 7.18. The first-order chi connectivity index (χ1) is 10.7. The van der Waals surface area contributed by atoms with E-state index < -0.39 is 0 Å². The minimum absolute atomic E-state index is 0.00112. The van der Waals surface area contributed by atoms with E-state index in [1.54, 1.807) is 40.8 Å². The van der Waals surface area contributed by atoms with Gasteiger partial charge < -0.3 is 9.80 Å². The molecule has 0 spiro atoms. The number of hydrogen-bond acceptors (Lipinski definition) is 4. The molecule has 6 heteroatoms. The number of piperazine rings is 1. The maximum Gasteiger partial charge on any atom is 0.255 e. The zero-order chi connectivity index (χ0) is 15.5. The Labute approximate surface area is 133 Å². The van der Waals surface area contributed by atoms with Crippen LogP contribution in [0.4, 0.5) is 0 Å². The number of thiophene rings is 1. The van der Waals surface area contributed by atoms with Crippen molar-refractivity contribution in [3.8, 4) is 0 Å². The Balaban J connectivity index is 1.62. The van der Waals surface area contributed by atoms with E-state index in [4.69, 9.17) is 0 Å². The molecular weight excluding hydrogens is 298 g/mol. The van der Waals surface area contributed by atoms with E-state index in [1.165, 1.54) is 0 Å². The molecular formula is C16H17N3O2S. The highest BCUT2D eigenvalue weighted by Crippen LogP contribution is 2.17.